The molecule has 0 fully saturated rings. The van der Waals surface area contributed by atoms with E-state index in [-0.39, 0.29) is 0 Å². The second-order valence-electron chi connectivity index (χ2n) is 5.30. The molecule has 0 bridgehead atoms. The molecule has 1 rings (SSSR count). The minimum absolute atomic E-state index is 0.412. The summed E-state index contributed by atoms with van der Waals surface area (Å²) >= 11 is 5.64. The van der Waals surface area contributed by atoms with Crippen molar-refractivity contribution in [3.05, 3.63) is 34.9 Å². The van der Waals surface area contributed by atoms with Crippen molar-refractivity contribution in [2.45, 2.75) is 95.9 Å². The van der Waals surface area contributed by atoms with Gasteiger partial charge in [0, 0.05) is 10.9 Å². The highest BCUT2D eigenvalue weighted by molar-refractivity contribution is 6.30. The van der Waals surface area contributed by atoms with Gasteiger partial charge in [-0.2, -0.15) is 0 Å². The van der Waals surface area contributed by atoms with Gasteiger partial charge in [0.25, 0.3) is 0 Å². The molecular weight excluding hydrogens is 324 g/mol. The first-order chi connectivity index (χ1) is 11.8. The van der Waals surface area contributed by atoms with E-state index in [4.69, 9.17) is 18.0 Å². The number of benzene rings is 1. The molecule has 0 aliphatic heterocycles. The molecule has 0 aliphatic rings. The summed E-state index contributed by atoms with van der Waals surface area (Å²) in [5, 5.41) is 0.810. The molecule has 1 aromatic rings. The molecule has 0 spiro atoms. The van der Waals surface area contributed by atoms with Crippen LogP contribution in [0, 0.1) is 31.1 Å². The highest BCUT2D eigenvalue weighted by Crippen LogP contribution is 2.08. The summed E-state index contributed by atoms with van der Waals surface area (Å²) in [5.41, 5.74) is 1.21. The van der Waals surface area contributed by atoms with Crippen molar-refractivity contribution in [3.63, 3.8) is 0 Å². The molecule has 0 saturated heterocycles. The quantitative estimate of drug-likeness (QED) is 0.454. The zero-order valence-corrected chi connectivity index (χ0v) is 20.1. The first-order valence-corrected chi connectivity index (χ1v) is 10.4. The van der Waals surface area contributed by atoms with E-state index in [1.54, 1.807) is 0 Å². The Bertz CT molecular complexity index is 328. The Kier molecular flexibility index (Phi) is 48.5. The molecule has 0 N–H and O–H groups in total. The van der Waals surface area contributed by atoms with E-state index in [0.717, 1.165) is 10.9 Å². The lowest BCUT2D eigenvalue weighted by Crippen LogP contribution is -1.81. The Morgan fingerprint density at radius 1 is 0.960 bits per heavy atom. The van der Waals surface area contributed by atoms with E-state index in [2.05, 4.69) is 26.7 Å². The third-order valence-electron chi connectivity index (χ3n) is 2.18. The molecule has 25 heavy (non-hydrogen) atoms. The molecule has 0 unspecified atom stereocenters. The fourth-order valence-electron chi connectivity index (χ4n) is 1.18. The van der Waals surface area contributed by atoms with Gasteiger partial charge in [-0.15, -0.1) is 12.3 Å². The average Bonchev–Trinajstić information content (AvgIpc) is 2.61. The van der Waals surface area contributed by atoms with Crippen molar-refractivity contribution in [1.82, 2.24) is 0 Å². The van der Waals surface area contributed by atoms with Crippen molar-refractivity contribution in [2.75, 3.05) is 0 Å². The Morgan fingerprint density at radius 3 is 1.48 bits per heavy atom. The van der Waals surface area contributed by atoms with Crippen LogP contribution in [0.25, 0.3) is 0 Å². The summed E-state index contributed by atoms with van der Waals surface area (Å²) in [6.45, 7) is 24.7. The fourth-order valence-corrected chi connectivity index (χ4v) is 1.43. The van der Waals surface area contributed by atoms with E-state index in [1.165, 1.54) is 18.4 Å². The highest BCUT2D eigenvalue weighted by atomic mass is 35.5. The minimum atomic E-state index is 0.412. The van der Waals surface area contributed by atoms with Gasteiger partial charge >= 0.3 is 0 Å². The summed E-state index contributed by atoms with van der Waals surface area (Å²) in [5.74, 6) is 3.84. The molecule has 0 radical (unpaired) electrons. The van der Waals surface area contributed by atoms with Gasteiger partial charge < -0.3 is 0 Å². The largest absolute Gasteiger partial charge is 0.120 e. The first kappa shape index (κ1) is 35.2. The second kappa shape index (κ2) is 34.4. The van der Waals surface area contributed by atoms with Gasteiger partial charge in [-0.25, -0.2) is 0 Å². The zero-order valence-electron chi connectivity index (χ0n) is 19.3. The van der Waals surface area contributed by atoms with Crippen LogP contribution < -0.4 is 0 Å². The van der Waals surface area contributed by atoms with Crippen LogP contribution >= 0.6 is 11.6 Å². The number of hydrogen-bond donors (Lipinski definition) is 0. The van der Waals surface area contributed by atoms with Crippen molar-refractivity contribution in [3.8, 4) is 12.3 Å². The Hall–Kier alpha value is -0.930. The minimum Gasteiger partial charge on any atom is -0.120 e. The highest BCUT2D eigenvalue weighted by Gasteiger charge is 1.85. The standard InChI is InChI=1S/C7H7Cl.C6H14.C5H8.3C2H6/c1-6-3-2-4-7(8)5-6;1-4-5-6(2)3;1-4-5(2)3;3*1-2/h2-5H,1H3;6H,4-5H2,1-3H3;1,5H,2-3H3;3*1-2H3. The Morgan fingerprint density at radius 2 is 1.36 bits per heavy atom. The van der Waals surface area contributed by atoms with Gasteiger partial charge in [-0.3, -0.25) is 0 Å². The fraction of sp³-hybridized carbons (Fsp3) is 0.667. The van der Waals surface area contributed by atoms with Crippen molar-refractivity contribution >= 4 is 11.6 Å². The molecule has 0 amide bonds. The number of rotatable bonds is 2. The van der Waals surface area contributed by atoms with E-state index in [0.29, 0.717) is 5.92 Å². The van der Waals surface area contributed by atoms with Crippen molar-refractivity contribution in [2.24, 2.45) is 11.8 Å². The van der Waals surface area contributed by atoms with Crippen molar-refractivity contribution < 1.29 is 0 Å². The number of halogens is 1. The maximum atomic E-state index is 5.64. The van der Waals surface area contributed by atoms with Gasteiger partial charge in [-0.05, 0) is 30.5 Å². The van der Waals surface area contributed by atoms with Crippen LogP contribution in [0.2, 0.25) is 5.02 Å². The summed E-state index contributed by atoms with van der Waals surface area (Å²) in [6.07, 6.45) is 7.63. The zero-order chi connectivity index (χ0) is 21.3. The van der Waals surface area contributed by atoms with Crippen LogP contribution in [0.3, 0.4) is 0 Å². The molecule has 0 aliphatic carbocycles. The predicted molar refractivity (Wildman–Crippen MR) is 124 cm³/mol. The Labute approximate surface area is 166 Å². The SMILES string of the molecule is C#CC(C)C.CC.CC.CC.CCCC(C)C.Cc1cccc(Cl)c1. The van der Waals surface area contributed by atoms with Crippen LogP contribution in [0.15, 0.2) is 24.3 Å². The van der Waals surface area contributed by atoms with Gasteiger partial charge in [-0.1, -0.05) is 113 Å². The number of hydrogen-bond acceptors (Lipinski definition) is 0. The second-order valence-corrected chi connectivity index (χ2v) is 5.74. The Balaban J connectivity index is -0.0000000709. The molecule has 0 heterocycles. The summed E-state index contributed by atoms with van der Waals surface area (Å²) in [6, 6.07) is 7.76. The van der Waals surface area contributed by atoms with Crippen LogP contribution in [0.5, 0.6) is 0 Å². The van der Waals surface area contributed by atoms with Gasteiger partial charge in [0.1, 0.15) is 0 Å². The number of aryl methyl sites for hydroxylation is 1. The van der Waals surface area contributed by atoms with E-state index >= 15 is 0 Å². The monoisotopic (exact) mass is 370 g/mol. The lowest BCUT2D eigenvalue weighted by Gasteiger charge is -1.95. The molecule has 0 atom stereocenters. The lowest BCUT2D eigenvalue weighted by atomic mass is 10.1. The van der Waals surface area contributed by atoms with E-state index in [1.807, 2.05) is 86.6 Å². The molecule has 150 valence electrons. The van der Waals surface area contributed by atoms with Crippen LogP contribution in [-0.2, 0) is 0 Å². The summed E-state index contributed by atoms with van der Waals surface area (Å²) in [4.78, 5) is 0. The van der Waals surface area contributed by atoms with Gasteiger partial charge in [0.05, 0.1) is 0 Å². The molecule has 1 aromatic carbocycles. The molecule has 0 aromatic heterocycles. The lowest BCUT2D eigenvalue weighted by molar-refractivity contribution is 0.576. The third kappa shape index (κ3) is 51.7. The molecule has 0 nitrogen and oxygen atoms in total. The first-order valence-electron chi connectivity index (χ1n) is 10.0. The summed E-state index contributed by atoms with van der Waals surface area (Å²) < 4.78 is 0. The van der Waals surface area contributed by atoms with E-state index in [9.17, 15) is 0 Å². The van der Waals surface area contributed by atoms with Gasteiger partial charge in [0.15, 0.2) is 0 Å². The normalized spacial score (nSPS) is 7.60. The molecule has 0 saturated carbocycles. The maximum Gasteiger partial charge on any atom is 0.0408 e. The van der Waals surface area contributed by atoms with Gasteiger partial charge in [0.2, 0.25) is 0 Å². The number of terminal acetylenes is 1. The van der Waals surface area contributed by atoms with Crippen molar-refractivity contribution in [1.29, 1.82) is 0 Å². The average molecular weight is 371 g/mol. The van der Waals surface area contributed by atoms with Crippen LogP contribution in [0.4, 0.5) is 0 Å². The predicted octanol–water partition coefficient (Wildman–Crippen LogP) is 9.45. The van der Waals surface area contributed by atoms with E-state index < -0.39 is 0 Å². The topological polar surface area (TPSA) is 0 Å². The van der Waals surface area contributed by atoms with Crippen LogP contribution in [-0.4, -0.2) is 0 Å². The maximum absolute atomic E-state index is 5.64. The smallest absolute Gasteiger partial charge is 0.0408 e. The third-order valence-corrected chi connectivity index (χ3v) is 2.41. The van der Waals surface area contributed by atoms with Crippen LogP contribution in [0.1, 0.15) is 94.6 Å². The summed E-state index contributed by atoms with van der Waals surface area (Å²) in [7, 11) is 0. The molecular formula is C24H47Cl. The molecule has 1 heteroatoms.